The molecule has 1 N–H and O–H groups in total. The van der Waals surface area contributed by atoms with E-state index < -0.39 is 0 Å². The van der Waals surface area contributed by atoms with Crippen molar-refractivity contribution in [2.24, 2.45) is 0 Å². The summed E-state index contributed by atoms with van der Waals surface area (Å²) in [6.07, 6.45) is 0.218. The topological polar surface area (TPSA) is 47.6 Å². The van der Waals surface area contributed by atoms with Crippen molar-refractivity contribution < 1.29 is 14.3 Å². The average molecular weight is 338 g/mol. The van der Waals surface area contributed by atoms with E-state index in [1.165, 1.54) is 0 Å². The van der Waals surface area contributed by atoms with Gasteiger partial charge in [0.15, 0.2) is 11.5 Å². The van der Waals surface area contributed by atoms with E-state index in [0.29, 0.717) is 40.4 Å². The van der Waals surface area contributed by atoms with Gasteiger partial charge in [-0.1, -0.05) is 29.3 Å². The van der Waals surface area contributed by atoms with Gasteiger partial charge in [0.05, 0.1) is 17.1 Å². The van der Waals surface area contributed by atoms with Crippen molar-refractivity contribution >= 4 is 34.8 Å². The second-order valence-electron chi connectivity index (χ2n) is 4.83. The number of benzene rings is 2. The van der Waals surface area contributed by atoms with Crippen molar-refractivity contribution in [3.05, 3.63) is 52.0 Å². The number of ether oxygens (including phenoxy) is 2. The van der Waals surface area contributed by atoms with Gasteiger partial charge in [-0.25, -0.2) is 0 Å². The van der Waals surface area contributed by atoms with Crippen molar-refractivity contribution in [3.63, 3.8) is 0 Å². The summed E-state index contributed by atoms with van der Waals surface area (Å²) in [6, 6.07) is 10.4. The minimum atomic E-state index is -0.166. The third kappa shape index (κ3) is 3.46. The van der Waals surface area contributed by atoms with Gasteiger partial charge >= 0.3 is 0 Å². The van der Waals surface area contributed by atoms with Crippen LogP contribution in [0.25, 0.3) is 0 Å². The van der Waals surface area contributed by atoms with E-state index in [1.54, 1.807) is 18.2 Å². The van der Waals surface area contributed by atoms with Gasteiger partial charge in [-0.05, 0) is 35.9 Å². The highest BCUT2D eigenvalue weighted by Crippen LogP contribution is 2.31. The number of carbonyl (C=O) groups is 1. The first kappa shape index (κ1) is 15.0. The van der Waals surface area contributed by atoms with Gasteiger partial charge in [0.25, 0.3) is 0 Å². The Balaban J connectivity index is 1.69. The standard InChI is InChI=1S/C16H13Cl2NO3/c17-11-2-3-13(12(18)9-11)19-16(20)8-10-1-4-14-15(7-10)22-6-5-21-14/h1-4,7,9H,5-6,8H2,(H,19,20). The third-order valence-electron chi connectivity index (χ3n) is 3.18. The molecule has 0 saturated heterocycles. The van der Waals surface area contributed by atoms with Gasteiger partial charge in [0.2, 0.25) is 5.91 Å². The summed E-state index contributed by atoms with van der Waals surface area (Å²) >= 11 is 11.9. The SMILES string of the molecule is O=C(Cc1ccc2c(c1)OCCO2)Nc1ccc(Cl)cc1Cl. The minimum Gasteiger partial charge on any atom is -0.486 e. The molecular formula is C16H13Cl2NO3. The molecule has 0 unspecified atom stereocenters. The average Bonchev–Trinajstić information content (AvgIpc) is 2.50. The fraction of sp³-hybridized carbons (Fsp3) is 0.188. The second-order valence-corrected chi connectivity index (χ2v) is 5.67. The quantitative estimate of drug-likeness (QED) is 0.922. The van der Waals surface area contributed by atoms with Crippen LogP contribution in [0.3, 0.4) is 0 Å². The number of anilines is 1. The van der Waals surface area contributed by atoms with Gasteiger partial charge in [0.1, 0.15) is 13.2 Å². The predicted molar refractivity (Wildman–Crippen MR) is 86.2 cm³/mol. The normalized spacial score (nSPS) is 12.8. The predicted octanol–water partition coefficient (Wildman–Crippen LogP) is 3.95. The Morgan fingerprint density at radius 3 is 2.59 bits per heavy atom. The Morgan fingerprint density at radius 2 is 1.82 bits per heavy atom. The van der Waals surface area contributed by atoms with Gasteiger partial charge < -0.3 is 14.8 Å². The van der Waals surface area contributed by atoms with Crippen LogP contribution < -0.4 is 14.8 Å². The first-order valence-corrected chi connectivity index (χ1v) is 7.51. The lowest BCUT2D eigenvalue weighted by Crippen LogP contribution is -2.17. The number of rotatable bonds is 3. The Morgan fingerprint density at radius 1 is 1.05 bits per heavy atom. The van der Waals surface area contributed by atoms with Crippen LogP contribution >= 0.6 is 23.2 Å². The molecule has 1 aliphatic rings. The van der Waals surface area contributed by atoms with E-state index >= 15 is 0 Å². The number of halogens is 2. The van der Waals surface area contributed by atoms with E-state index in [9.17, 15) is 4.79 Å². The molecule has 0 radical (unpaired) electrons. The fourth-order valence-corrected chi connectivity index (χ4v) is 2.62. The van der Waals surface area contributed by atoms with E-state index in [4.69, 9.17) is 32.7 Å². The highest BCUT2D eigenvalue weighted by atomic mass is 35.5. The summed E-state index contributed by atoms with van der Waals surface area (Å²) in [7, 11) is 0. The maximum absolute atomic E-state index is 12.1. The number of nitrogens with one attached hydrogen (secondary N) is 1. The van der Waals surface area contributed by atoms with Crippen LogP contribution in [0.1, 0.15) is 5.56 Å². The maximum atomic E-state index is 12.1. The number of amides is 1. The Bertz CT molecular complexity index is 719. The maximum Gasteiger partial charge on any atom is 0.228 e. The minimum absolute atomic E-state index is 0.166. The molecule has 0 spiro atoms. The molecule has 4 nitrogen and oxygen atoms in total. The molecule has 22 heavy (non-hydrogen) atoms. The molecule has 0 saturated carbocycles. The first-order valence-electron chi connectivity index (χ1n) is 6.75. The summed E-state index contributed by atoms with van der Waals surface area (Å²) < 4.78 is 11.0. The molecule has 0 fully saturated rings. The van der Waals surface area contributed by atoms with Crippen molar-refractivity contribution in [2.75, 3.05) is 18.5 Å². The molecule has 0 aromatic heterocycles. The van der Waals surface area contributed by atoms with E-state index in [1.807, 2.05) is 18.2 Å². The Hall–Kier alpha value is -1.91. The fourth-order valence-electron chi connectivity index (χ4n) is 2.17. The summed E-state index contributed by atoms with van der Waals surface area (Å²) in [6.45, 7) is 1.06. The Labute approximate surface area is 137 Å². The highest BCUT2D eigenvalue weighted by Gasteiger charge is 2.13. The van der Waals surface area contributed by atoms with Crippen molar-refractivity contribution in [1.82, 2.24) is 0 Å². The van der Waals surface area contributed by atoms with Crippen LogP contribution in [0.4, 0.5) is 5.69 Å². The lowest BCUT2D eigenvalue weighted by molar-refractivity contribution is -0.115. The van der Waals surface area contributed by atoms with Crippen molar-refractivity contribution in [3.8, 4) is 11.5 Å². The zero-order valence-electron chi connectivity index (χ0n) is 11.6. The van der Waals surface area contributed by atoms with Crippen LogP contribution in [-0.4, -0.2) is 19.1 Å². The lowest BCUT2D eigenvalue weighted by atomic mass is 10.1. The van der Waals surface area contributed by atoms with Crippen LogP contribution in [0.2, 0.25) is 10.0 Å². The van der Waals surface area contributed by atoms with E-state index in [0.717, 1.165) is 5.56 Å². The van der Waals surface area contributed by atoms with Crippen molar-refractivity contribution in [2.45, 2.75) is 6.42 Å². The number of hydrogen-bond donors (Lipinski definition) is 1. The molecule has 0 bridgehead atoms. The molecular weight excluding hydrogens is 325 g/mol. The monoisotopic (exact) mass is 337 g/mol. The van der Waals surface area contributed by atoms with Gasteiger partial charge in [0, 0.05) is 5.02 Å². The molecule has 2 aromatic carbocycles. The molecule has 2 aromatic rings. The lowest BCUT2D eigenvalue weighted by Gasteiger charge is -2.18. The highest BCUT2D eigenvalue weighted by molar-refractivity contribution is 6.36. The third-order valence-corrected chi connectivity index (χ3v) is 3.72. The summed E-state index contributed by atoms with van der Waals surface area (Å²) in [5, 5.41) is 3.69. The van der Waals surface area contributed by atoms with Crippen molar-refractivity contribution in [1.29, 1.82) is 0 Å². The molecule has 0 atom stereocenters. The number of hydrogen-bond acceptors (Lipinski definition) is 3. The van der Waals surface area contributed by atoms with Gasteiger partial charge in [-0.2, -0.15) is 0 Å². The summed E-state index contributed by atoms with van der Waals surface area (Å²) in [4.78, 5) is 12.1. The molecule has 0 aliphatic carbocycles. The second kappa shape index (κ2) is 6.46. The molecule has 1 heterocycles. The summed E-state index contributed by atoms with van der Waals surface area (Å²) in [5.41, 5.74) is 1.38. The summed E-state index contributed by atoms with van der Waals surface area (Å²) in [5.74, 6) is 1.21. The molecule has 114 valence electrons. The van der Waals surface area contributed by atoms with Crippen LogP contribution in [0, 0.1) is 0 Å². The molecule has 1 aliphatic heterocycles. The Kier molecular flexibility index (Phi) is 4.41. The van der Waals surface area contributed by atoms with Crippen LogP contribution in [0.15, 0.2) is 36.4 Å². The van der Waals surface area contributed by atoms with Gasteiger partial charge in [-0.15, -0.1) is 0 Å². The molecule has 1 amide bonds. The zero-order valence-corrected chi connectivity index (χ0v) is 13.1. The van der Waals surface area contributed by atoms with Crippen LogP contribution in [0.5, 0.6) is 11.5 Å². The van der Waals surface area contributed by atoms with E-state index in [-0.39, 0.29) is 12.3 Å². The number of carbonyl (C=O) groups excluding carboxylic acids is 1. The largest absolute Gasteiger partial charge is 0.486 e. The molecule has 3 rings (SSSR count). The van der Waals surface area contributed by atoms with Crippen LogP contribution in [-0.2, 0) is 11.2 Å². The van der Waals surface area contributed by atoms with E-state index in [2.05, 4.69) is 5.32 Å². The zero-order chi connectivity index (χ0) is 15.5. The van der Waals surface area contributed by atoms with Gasteiger partial charge in [-0.3, -0.25) is 4.79 Å². The first-order chi connectivity index (χ1) is 10.6. The molecule has 6 heteroatoms. The smallest absolute Gasteiger partial charge is 0.228 e. The number of fused-ring (bicyclic) bond motifs is 1.